The molecule has 2 aliphatic rings. The number of hydrogen-bond donors (Lipinski definition) is 1. The summed E-state index contributed by atoms with van der Waals surface area (Å²) in [7, 11) is 0. The van der Waals surface area contributed by atoms with Gasteiger partial charge >= 0.3 is 5.97 Å². The molecule has 2 rings (SSSR count). The molecule has 0 aromatic rings. The van der Waals surface area contributed by atoms with Gasteiger partial charge in [-0.3, -0.25) is 14.9 Å². The number of piperidine rings is 1. The van der Waals surface area contributed by atoms with Crippen LogP contribution in [-0.4, -0.2) is 54.1 Å². The number of rotatable bonds is 3. The lowest BCUT2D eigenvalue weighted by molar-refractivity contribution is -0.151. The molecule has 6 heteroatoms. The molecule has 18 heavy (non-hydrogen) atoms. The standard InChI is InChI=1S/C12H20N2O3S/c1-2-17-12(16)9-4-3-5-14(6-9)11(15)10-7-18-8-13-10/h9-10,13H,2-8H2,1H3. The maximum Gasteiger partial charge on any atom is 0.310 e. The largest absolute Gasteiger partial charge is 0.466 e. The second kappa shape index (κ2) is 6.43. The second-order valence-corrected chi connectivity index (χ2v) is 5.68. The Kier molecular flexibility index (Phi) is 4.88. The predicted molar refractivity (Wildman–Crippen MR) is 70.2 cm³/mol. The van der Waals surface area contributed by atoms with E-state index in [0.717, 1.165) is 31.0 Å². The quantitative estimate of drug-likeness (QED) is 0.756. The van der Waals surface area contributed by atoms with Gasteiger partial charge in [-0.2, -0.15) is 0 Å². The molecule has 0 radical (unpaired) electrons. The lowest BCUT2D eigenvalue weighted by atomic mass is 9.97. The zero-order chi connectivity index (χ0) is 13.0. The first kappa shape index (κ1) is 13.7. The van der Waals surface area contributed by atoms with Crippen LogP contribution in [-0.2, 0) is 14.3 Å². The second-order valence-electron chi connectivity index (χ2n) is 4.65. The van der Waals surface area contributed by atoms with Crippen LogP contribution in [0.4, 0.5) is 0 Å². The van der Waals surface area contributed by atoms with Crippen molar-refractivity contribution in [2.75, 3.05) is 31.3 Å². The molecule has 2 saturated heterocycles. The Hall–Kier alpha value is -0.750. The van der Waals surface area contributed by atoms with Gasteiger partial charge in [-0.05, 0) is 19.8 Å². The van der Waals surface area contributed by atoms with Crippen LogP contribution in [0.25, 0.3) is 0 Å². The van der Waals surface area contributed by atoms with Gasteiger partial charge in [0.1, 0.15) is 0 Å². The van der Waals surface area contributed by atoms with Gasteiger partial charge in [0.2, 0.25) is 5.91 Å². The molecule has 2 atom stereocenters. The summed E-state index contributed by atoms with van der Waals surface area (Å²) >= 11 is 1.74. The highest BCUT2D eigenvalue weighted by Crippen LogP contribution is 2.20. The summed E-state index contributed by atoms with van der Waals surface area (Å²) in [6, 6.07) is -0.0732. The number of likely N-dealkylation sites (tertiary alicyclic amines) is 1. The van der Waals surface area contributed by atoms with Crippen molar-refractivity contribution in [3.8, 4) is 0 Å². The first-order chi connectivity index (χ1) is 8.72. The van der Waals surface area contributed by atoms with Gasteiger partial charge in [0.15, 0.2) is 0 Å². The van der Waals surface area contributed by atoms with E-state index in [1.807, 2.05) is 11.8 Å². The Balaban J connectivity index is 1.89. The summed E-state index contributed by atoms with van der Waals surface area (Å²) < 4.78 is 5.04. The lowest BCUT2D eigenvalue weighted by Gasteiger charge is -2.33. The van der Waals surface area contributed by atoms with E-state index in [1.165, 1.54) is 0 Å². The number of carbonyl (C=O) groups excluding carboxylic acids is 2. The van der Waals surface area contributed by atoms with E-state index in [9.17, 15) is 9.59 Å². The maximum atomic E-state index is 12.2. The molecule has 2 heterocycles. The SMILES string of the molecule is CCOC(=O)C1CCCN(C(=O)C2CSCN2)C1. The summed E-state index contributed by atoms with van der Waals surface area (Å²) in [4.78, 5) is 25.7. The molecule has 0 spiro atoms. The fourth-order valence-corrected chi connectivity index (χ4v) is 3.34. The maximum absolute atomic E-state index is 12.2. The van der Waals surface area contributed by atoms with Gasteiger partial charge in [0.05, 0.1) is 18.6 Å². The first-order valence-electron chi connectivity index (χ1n) is 6.49. The highest BCUT2D eigenvalue weighted by atomic mass is 32.2. The van der Waals surface area contributed by atoms with Crippen LogP contribution in [0.1, 0.15) is 19.8 Å². The van der Waals surface area contributed by atoms with Crippen LogP contribution in [0.5, 0.6) is 0 Å². The van der Waals surface area contributed by atoms with Crippen molar-refractivity contribution < 1.29 is 14.3 Å². The fraction of sp³-hybridized carbons (Fsp3) is 0.833. The molecule has 1 amide bonds. The van der Waals surface area contributed by atoms with Gasteiger partial charge in [0.25, 0.3) is 0 Å². The Morgan fingerprint density at radius 1 is 1.50 bits per heavy atom. The van der Waals surface area contributed by atoms with Gasteiger partial charge in [-0.25, -0.2) is 0 Å². The van der Waals surface area contributed by atoms with E-state index < -0.39 is 0 Å². The van der Waals surface area contributed by atoms with Crippen molar-refractivity contribution >= 4 is 23.6 Å². The minimum Gasteiger partial charge on any atom is -0.466 e. The Bertz CT molecular complexity index is 318. The normalized spacial score (nSPS) is 28.2. The van der Waals surface area contributed by atoms with Crippen molar-refractivity contribution in [1.82, 2.24) is 10.2 Å². The molecule has 0 aliphatic carbocycles. The van der Waals surface area contributed by atoms with E-state index in [2.05, 4.69) is 5.32 Å². The summed E-state index contributed by atoms with van der Waals surface area (Å²) in [6.45, 7) is 3.49. The Morgan fingerprint density at radius 2 is 2.33 bits per heavy atom. The molecule has 0 aromatic carbocycles. The first-order valence-corrected chi connectivity index (χ1v) is 7.64. The molecule has 2 fully saturated rings. The number of hydrogen-bond acceptors (Lipinski definition) is 5. The number of carbonyl (C=O) groups is 2. The average Bonchev–Trinajstić information content (AvgIpc) is 2.92. The van der Waals surface area contributed by atoms with Gasteiger partial charge in [-0.1, -0.05) is 0 Å². The molecular weight excluding hydrogens is 252 g/mol. The number of ether oxygens (including phenoxy) is 1. The number of amides is 1. The summed E-state index contributed by atoms with van der Waals surface area (Å²) in [5.41, 5.74) is 0. The lowest BCUT2D eigenvalue weighted by Crippen LogP contribution is -2.50. The summed E-state index contributed by atoms with van der Waals surface area (Å²) in [5, 5.41) is 3.18. The molecule has 5 nitrogen and oxygen atoms in total. The highest BCUT2D eigenvalue weighted by Gasteiger charge is 2.33. The van der Waals surface area contributed by atoms with Crippen LogP contribution < -0.4 is 5.32 Å². The van der Waals surface area contributed by atoms with Crippen LogP contribution >= 0.6 is 11.8 Å². The van der Waals surface area contributed by atoms with Crippen LogP contribution in [0.2, 0.25) is 0 Å². The fourth-order valence-electron chi connectivity index (χ4n) is 2.40. The molecule has 0 aromatic heterocycles. The molecule has 102 valence electrons. The molecule has 1 N–H and O–H groups in total. The zero-order valence-corrected chi connectivity index (χ0v) is 11.5. The van der Waals surface area contributed by atoms with Crippen LogP contribution in [0.3, 0.4) is 0 Å². The van der Waals surface area contributed by atoms with E-state index in [0.29, 0.717) is 13.2 Å². The van der Waals surface area contributed by atoms with E-state index in [-0.39, 0.29) is 23.8 Å². The number of thioether (sulfide) groups is 1. The number of nitrogens with zero attached hydrogens (tertiary/aromatic N) is 1. The zero-order valence-electron chi connectivity index (χ0n) is 10.7. The van der Waals surface area contributed by atoms with Gasteiger partial charge < -0.3 is 9.64 Å². The van der Waals surface area contributed by atoms with Crippen molar-refractivity contribution in [2.45, 2.75) is 25.8 Å². The molecular formula is C12H20N2O3S. The predicted octanol–water partition coefficient (Wildman–Crippen LogP) is 0.451. The molecule has 2 unspecified atom stereocenters. The third-order valence-corrected chi connectivity index (χ3v) is 4.31. The number of nitrogens with one attached hydrogen (secondary N) is 1. The number of esters is 1. The van der Waals surface area contributed by atoms with E-state index in [1.54, 1.807) is 11.8 Å². The van der Waals surface area contributed by atoms with Gasteiger partial charge in [-0.15, -0.1) is 11.8 Å². The minimum atomic E-state index is -0.163. The van der Waals surface area contributed by atoms with Crippen molar-refractivity contribution in [1.29, 1.82) is 0 Å². The smallest absolute Gasteiger partial charge is 0.310 e. The van der Waals surface area contributed by atoms with E-state index in [4.69, 9.17) is 4.74 Å². The molecule has 0 saturated carbocycles. The Labute approximate surface area is 112 Å². The minimum absolute atomic E-state index is 0.0732. The van der Waals surface area contributed by atoms with E-state index >= 15 is 0 Å². The average molecular weight is 272 g/mol. The molecule has 0 bridgehead atoms. The van der Waals surface area contributed by atoms with Crippen molar-refractivity contribution in [3.63, 3.8) is 0 Å². The monoisotopic (exact) mass is 272 g/mol. The third-order valence-electron chi connectivity index (χ3n) is 3.37. The third kappa shape index (κ3) is 3.17. The van der Waals surface area contributed by atoms with Crippen molar-refractivity contribution in [3.05, 3.63) is 0 Å². The van der Waals surface area contributed by atoms with Crippen molar-refractivity contribution in [2.24, 2.45) is 5.92 Å². The summed E-state index contributed by atoms with van der Waals surface area (Å²) in [6.07, 6.45) is 1.71. The topological polar surface area (TPSA) is 58.6 Å². The van der Waals surface area contributed by atoms with Crippen LogP contribution in [0, 0.1) is 5.92 Å². The molecule has 2 aliphatic heterocycles. The highest BCUT2D eigenvalue weighted by molar-refractivity contribution is 7.99. The Morgan fingerprint density at radius 3 is 3.00 bits per heavy atom. The summed E-state index contributed by atoms with van der Waals surface area (Å²) in [5.74, 6) is 1.50. The van der Waals surface area contributed by atoms with Gasteiger partial charge in [0, 0.05) is 24.7 Å². The van der Waals surface area contributed by atoms with Crippen LogP contribution in [0.15, 0.2) is 0 Å².